The van der Waals surface area contributed by atoms with Crippen LogP contribution in [0.4, 0.5) is 13.2 Å². The topological polar surface area (TPSA) is 58.2 Å². The van der Waals surface area contributed by atoms with Crippen LogP contribution in [-0.4, -0.2) is 28.6 Å². The van der Waals surface area contributed by atoms with Crippen molar-refractivity contribution in [2.24, 2.45) is 0 Å². The van der Waals surface area contributed by atoms with Gasteiger partial charge in [0.05, 0.1) is 10.5 Å². The maximum atomic E-state index is 12.8. The fourth-order valence-corrected chi connectivity index (χ4v) is 2.94. The summed E-state index contributed by atoms with van der Waals surface area (Å²) in [6, 6.07) is 2.92. The SMILES string of the molecule is CNCCNS(=O)(=O)c1ccc(Br)cc1C(F)(F)F.Cl. The molecule has 1 aromatic carbocycles. The summed E-state index contributed by atoms with van der Waals surface area (Å²) in [7, 11) is -2.59. The highest BCUT2D eigenvalue weighted by molar-refractivity contribution is 9.10. The van der Waals surface area contributed by atoms with Crippen LogP contribution in [0, 0.1) is 0 Å². The zero-order valence-electron chi connectivity index (χ0n) is 10.3. The van der Waals surface area contributed by atoms with Crippen molar-refractivity contribution in [3.05, 3.63) is 28.2 Å². The summed E-state index contributed by atoms with van der Waals surface area (Å²) in [5.41, 5.74) is -1.20. The second-order valence-corrected chi connectivity index (χ2v) is 6.29. The summed E-state index contributed by atoms with van der Waals surface area (Å²) >= 11 is 2.89. The van der Waals surface area contributed by atoms with Gasteiger partial charge >= 0.3 is 6.18 Å². The van der Waals surface area contributed by atoms with E-state index in [1.54, 1.807) is 7.05 Å². The first-order valence-electron chi connectivity index (χ1n) is 5.19. The van der Waals surface area contributed by atoms with Crippen molar-refractivity contribution in [1.29, 1.82) is 0 Å². The van der Waals surface area contributed by atoms with E-state index >= 15 is 0 Å². The fraction of sp³-hybridized carbons (Fsp3) is 0.400. The lowest BCUT2D eigenvalue weighted by atomic mass is 10.2. The van der Waals surface area contributed by atoms with Crippen molar-refractivity contribution in [3.63, 3.8) is 0 Å². The number of halogens is 5. The van der Waals surface area contributed by atoms with Crippen molar-refractivity contribution in [2.45, 2.75) is 11.1 Å². The number of hydrogen-bond acceptors (Lipinski definition) is 3. The Hall–Kier alpha value is -0.350. The maximum absolute atomic E-state index is 12.8. The van der Waals surface area contributed by atoms with E-state index in [4.69, 9.17) is 0 Å². The standard InChI is InChI=1S/C10H12BrF3N2O2S.ClH/c1-15-4-5-16-19(17,18)9-3-2-7(11)6-8(9)10(12,13)14;/h2-3,6,15-16H,4-5H2,1H3;1H. The predicted molar refractivity (Wildman–Crippen MR) is 75.5 cm³/mol. The third-order valence-corrected chi connectivity index (χ3v) is 4.22. The lowest BCUT2D eigenvalue weighted by Crippen LogP contribution is -2.31. The molecule has 0 aliphatic heterocycles. The molecule has 0 fully saturated rings. The molecule has 0 radical (unpaired) electrons. The van der Waals surface area contributed by atoms with Crippen molar-refractivity contribution in [1.82, 2.24) is 10.0 Å². The molecule has 0 amide bonds. The van der Waals surface area contributed by atoms with Gasteiger partial charge in [0, 0.05) is 17.6 Å². The van der Waals surface area contributed by atoms with Gasteiger partial charge in [0.15, 0.2) is 0 Å². The summed E-state index contributed by atoms with van der Waals surface area (Å²) in [5, 5.41) is 2.69. The van der Waals surface area contributed by atoms with Gasteiger partial charge in [-0.1, -0.05) is 15.9 Å². The summed E-state index contributed by atoms with van der Waals surface area (Å²) in [6.07, 6.45) is -4.74. The number of hydrogen-bond donors (Lipinski definition) is 2. The minimum absolute atomic E-state index is 0. The predicted octanol–water partition coefficient (Wildman–Crippen LogP) is 2.39. The molecule has 10 heteroatoms. The average molecular weight is 398 g/mol. The molecule has 0 heterocycles. The number of sulfonamides is 1. The zero-order chi connectivity index (χ0) is 14.7. The number of alkyl halides is 3. The Balaban J connectivity index is 0.00000361. The van der Waals surface area contributed by atoms with Gasteiger partial charge in [0.25, 0.3) is 0 Å². The Labute approximate surface area is 129 Å². The molecule has 0 aliphatic carbocycles. The lowest BCUT2D eigenvalue weighted by molar-refractivity contribution is -0.139. The largest absolute Gasteiger partial charge is 0.417 e. The van der Waals surface area contributed by atoms with Gasteiger partial charge < -0.3 is 5.32 Å². The summed E-state index contributed by atoms with van der Waals surface area (Å²) in [4.78, 5) is -0.778. The molecule has 2 N–H and O–H groups in total. The van der Waals surface area contributed by atoms with Gasteiger partial charge in [-0.05, 0) is 25.2 Å². The van der Waals surface area contributed by atoms with E-state index in [-0.39, 0.29) is 23.4 Å². The smallest absolute Gasteiger partial charge is 0.318 e. The van der Waals surface area contributed by atoms with Gasteiger partial charge in [0.1, 0.15) is 0 Å². The normalized spacial score (nSPS) is 12.1. The second kappa shape index (κ2) is 7.60. The number of nitrogens with one attached hydrogen (secondary N) is 2. The van der Waals surface area contributed by atoms with Crippen LogP contribution in [0.15, 0.2) is 27.6 Å². The van der Waals surface area contributed by atoms with E-state index < -0.39 is 26.7 Å². The minimum Gasteiger partial charge on any atom is -0.318 e. The Morgan fingerprint density at radius 3 is 2.35 bits per heavy atom. The molecule has 20 heavy (non-hydrogen) atoms. The van der Waals surface area contributed by atoms with Crippen LogP contribution in [0.25, 0.3) is 0 Å². The first kappa shape index (κ1) is 19.7. The molecule has 1 aromatic rings. The summed E-state index contributed by atoms with van der Waals surface area (Å²) in [6.45, 7) is 0.323. The Morgan fingerprint density at radius 1 is 1.25 bits per heavy atom. The Bertz CT molecular complexity index is 552. The van der Waals surface area contributed by atoms with Crippen LogP contribution in [-0.2, 0) is 16.2 Å². The van der Waals surface area contributed by atoms with E-state index in [2.05, 4.69) is 26.0 Å². The molecule has 0 atom stereocenters. The Morgan fingerprint density at radius 2 is 1.85 bits per heavy atom. The third-order valence-electron chi connectivity index (χ3n) is 2.20. The van der Waals surface area contributed by atoms with Crippen molar-refractivity contribution < 1.29 is 21.6 Å². The van der Waals surface area contributed by atoms with Crippen molar-refractivity contribution in [2.75, 3.05) is 20.1 Å². The zero-order valence-corrected chi connectivity index (χ0v) is 13.5. The van der Waals surface area contributed by atoms with E-state index in [0.29, 0.717) is 6.54 Å². The van der Waals surface area contributed by atoms with Crippen LogP contribution in [0.1, 0.15) is 5.56 Å². The third kappa shape index (κ3) is 5.21. The maximum Gasteiger partial charge on any atom is 0.417 e. The van der Waals surface area contributed by atoms with Gasteiger partial charge in [0.2, 0.25) is 10.0 Å². The molecule has 0 saturated carbocycles. The molecular weight excluding hydrogens is 385 g/mol. The first-order chi connectivity index (χ1) is 8.68. The number of benzene rings is 1. The van der Waals surface area contributed by atoms with Gasteiger partial charge in [-0.25, -0.2) is 13.1 Å². The highest BCUT2D eigenvalue weighted by Crippen LogP contribution is 2.35. The highest BCUT2D eigenvalue weighted by Gasteiger charge is 2.37. The van der Waals surface area contributed by atoms with Crippen molar-refractivity contribution >= 4 is 38.4 Å². The van der Waals surface area contributed by atoms with Crippen LogP contribution >= 0.6 is 28.3 Å². The minimum atomic E-state index is -4.74. The van der Waals surface area contributed by atoms with Gasteiger partial charge in [-0.2, -0.15) is 13.2 Å². The van der Waals surface area contributed by atoms with Crippen LogP contribution in [0.5, 0.6) is 0 Å². The molecule has 0 spiro atoms. The number of rotatable bonds is 5. The van der Waals surface area contributed by atoms with E-state index in [9.17, 15) is 21.6 Å². The highest BCUT2D eigenvalue weighted by atomic mass is 79.9. The number of likely N-dealkylation sites (N-methyl/N-ethyl adjacent to an activating group) is 1. The average Bonchev–Trinajstić information content (AvgIpc) is 2.27. The molecule has 0 unspecified atom stereocenters. The molecule has 116 valence electrons. The lowest BCUT2D eigenvalue weighted by Gasteiger charge is -2.14. The second-order valence-electron chi connectivity index (χ2n) is 3.64. The van der Waals surface area contributed by atoms with Gasteiger partial charge in [-0.3, -0.25) is 0 Å². The molecule has 4 nitrogen and oxygen atoms in total. The van der Waals surface area contributed by atoms with E-state index in [1.165, 1.54) is 6.07 Å². The van der Waals surface area contributed by atoms with Crippen molar-refractivity contribution in [3.8, 4) is 0 Å². The molecule has 0 saturated heterocycles. The first-order valence-corrected chi connectivity index (χ1v) is 7.47. The van der Waals surface area contributed by atoms with Crippen LogP contribution in [0.2, 0.25) is 0 Å². The van der Waals surface area contributed by atoms with Crippen LogP contribution in [0.3, 0.4) is 0 Å². The van der Waals surface area contributed by atoms with E-state index in [1.807, 2.05) is 0 Å². The molecule has 0 bridgehead atoms. The Kier molecular flexibility index (Phi) is 7.47. The molecule has 0 aliphatic rings. The summed E-state index contributed by atoms with van der Waals surface area (Å²) in [5.74, 6) is 0. The quantitative estimate of drug-likeness (QED) is 0.750. The summed E-state index contributed by atoms with van der Waals surface area (Å²) < 4.78 is 64.4. The fourth-order valence-electron chi connectivity index (χ4n) is 1.35. The molecule has 0 aromatic heterocycles. The molecule has 1 rings (SSSR count). The molecular formula is C10H13BrClF3N2O2S. The monoisotopic (exact) mass is 396 g/mol. The van der Waals surface area contributed by atoms with Crippen LogP contribution < -0.4 is 10.0 Å². The van der Waals surface area contributed by atoms with Gasteiger partial charge in [-0.15, -0.1) is 12.4 Å². The van der Waals surface area contributed by atoms with E-state index in [0.717, 1.165) is 12.1 Å².